The zero-order valence-corrected chi connectivity index (χ0v) is 11.3. The van der Waals surface area contributed by atoms with Crippen molar-refractivity contribution in [2.45, 2.75) is 0 Å². The molecule has 0 fully saturated rings. The largest absolute Gasteiger partial charge is 0.349 e. The van der Waals surface area contributed by atoms with Crippen LogP contribution in [0.2, 0.25) is 0 Å². The van der Waals surface area contributed by atoms with Crippen LogP contribution in [0, 0.1) is 0 Å². The molecule has 2 heterocycles. The summed E-state index contributed by atoms with van der Waals surface area (Å²) in [4.78, 5) is 4.35. The molecule has 100 valence electrons. The minimum absolute atomic E-state index is 0.778. The maximum absolute atomic E-state index is 4.35. The zero-order chi connectivity index (χ0) is 13.9. The number of benzene rings is 1. The van der Waals surface area contributed by atoms with Crippen molar-refractivity contribution in [2.75, 3.05) is 5.32 Å². The minimum atomic E-state index is 0.778. The molecule has 0 aliphatic heterocycles. The third kappa shape index (κ3) is 2.36. The van der Waals surface area contributed by atoms with E-state index in [1.807, 2.05) is 71.0 Å². The molecule has 20 heavy (non-hydrogen) atoms. The van der Waals surface area contributed by atoms with Gasteiger partial charge in [0, 0.05) is 18.9 Å². The Balaban J connectivity index is 1.78. The lowest BCUT2D eigenvalue weighted by Gasteiger charge is -2.08. The van der Waals surface area contributed by atoms with E-state index in [2.05, 4.69) is 16.9 Å². The topological polar surface area (TPSA) is 34.8 Å². The van der Waals surface area contributed by atoms with E-state index < -0.39 is 0 Å². The van der Waals surface area contributed by atoms with Crippen molar-refractivity contribution in [3.8, 4) is 5.69 Å². The van der Waals surface area contributed by atoms with Gasteiger partial charge in [0.2, 0.25) is 0 Å². The Hall–Kier alpha value is -2.75. The molecule has 0 radical (unpaired) electrons. The van der Waals surface area contributed by atoms with Crippen LogP contribution in [0.15, 0.2) is 67.8 Å². The van der Waals surface area contributed by atoms with Gasteiger partial charge in [0.1, 0.15) is 12.1 Å². The highest BCUT2D eigenvalue weighted by Crippen LogP contribution is 2.17. The number of rotatable bonds is 4. The molecule has 0 aliphatic carbocycles. The fourth-order valence-corrected chi connectivity index (χ4v) is 2.12. The van der Waals surface area contributed by atoms with Gasteiger partial charge >= 0.3 is 0 Å². The Morgan fingerprint density at radius 2 is 1.95 bits per heavy atom. The molecule has 0 amide bonds. The van der Waals surface area contributed by atoms with Gasteiger partial charge < -0.3 is 14.5 Å². The van der Waals surface area contributed by atoms with E-state index in [1.54, 1.807) is 6.33 Å². The molecular weight excluding hydrogens is 248 g/mol. The number of anilines is 1. The molecule has 0 saturated heterocycles. The lowest BCUT2D eigenvalue weighted by molar-refractivity contribution is 0.909. The summed E-state index contributed by atoms with van der Waals surface area (Å²) in [7, 11) is 1.99. The fourth-order valence-electron chi connectivity index (χ4n) is 2.12. The van der Waals surface area contributed by atoms with Crippen LogP contribution < -0.4 is 5.32 Å². The highest BCUT2D eigenvalue weighted by molar-refractivity contribution is 5.72. The normalized spacial score (nSPS) is 10.4. The number of nitrogens with one attached hydrogen (secondary N) is 1. The second-order valence-corrected chi connectivity index (χ2v) is 4.61. The average Bonchev–Trinajstić information content (AvgIpc) is 3.09. The van der Waals surface area contributed by atoms with Gasteiger partial charge in [-0.2, -0.15) is 0 Å². The highest BCUT2D eigenvalue weighted by atomic mass is 15.1. The van der Waals surface area contributed by atoms with E-state index >= 15 is 0 Å². The first-order valence-corrected chi connectivity index (χ1v) is 6.41. The fraction of sp³-hybridized carbons (Fsp3) is 0.0625. The number of aryl methyl sites for hydroxylation is 1. The highest BCUT2D eigenvalue weighted by Gasteiger charge is 2.05. The molecule has 4 nitrogen and oxygen atoms in total. The summed E-state index contributed by atoms with van der Waals surface area (Å²) >= 11 is 0. The molecule has 0 saturated carbocycles. The summed E-state index contributed by atoms with van der Waals surface area (Å²) in [5.41, 5.74) is 2.95. The Kier molecular flexibility index (Phi) is 3.13. The molecular formula is C16H16N4. The van der Waals surface area contributed by atoms with Crippen LogP contribution in [0.1, 0.15) is 5.69 Å². The van der Waals surface area contributed by atoms with Crippen molar-refractivity contribution in [1.82, 2.24) is 14.1 Å². The van der Waals surface area contributed by atoms with Gasteiger partial charge in [-0.25, -0.2) is 4.98 Å². The monoisotopic (exact) mass is 264 g/mol. The quantitative estimate of drug-likeness (QED) is 0.784. The first kappa shape index (κ1) is 12.3. The van der Waals surface area contributed by atoms with Gasteiger partial charge in [-0.15, -0.1) is 0 Å². The van der Waals surface area contributed by atoms with Crippen molar-refractivity contribution >= 4 is 11.5 Å². The molecule has 0 aliphatic rings. The summed E-state index contributed by atoms with van der Waals surface area (Å²) in [6, 6.07) is 14.1. The number of imidazole rings is 1. The molecule has 0 unspecified atom stereocenters. The van der Waals surface area contributed by atoms with E-state index in [0.29, 0.717) is 0 Å². The first-order valence-electron chi connectivity index (χ1n) is 6.41. The van der Waals surface area contributed by atoms with Gasteiger partial charge in [-0.05, 0) is 24.3 Å². The molecule has 0 spiro atoms. The summed E-state index contributed by atoms with van der Waals surface area (Å²) in [5.74, 6) is 0.778. The summed E-state index contributed by atoms with van der Waals surface area (Å²) in [6.07, 6.45) is 5.73. The van der Waals surface area contributed by atoms with E-state index in [-0.39, 0.29) is 0 Å². The predicted octanol–water partition coefficient (Wildman–Crippen LogP) is 3.29. The number of nitrogens with zero attached hydrogens (tertiary/aromatic N) is 3. The standard InChI is InChI=1S/C16H16N4/c1-13(15-9-6-10-19(15)2)18-16-11-20(12-17-16)14-7-4-3-5-8-14/h3-12,18H,1H2,2H3. The second kappa shape index (κ2) is 5.09. The molecule has 1 N–H and O–H groups in total. The van der Waals surface area contributed by atoms with Gasteiger partial charge in [-0.1, -0.05) is 24.8 Å². The van der Waals surface area contributed by atoms with Crippen molar-refractivity contribution in [1.29, 1.82) is 0 Å². The van der Waals surface area contributed by atoms with Crippen LogP contribution in [0.5, 0.6) is 0 Å². The maximum Gasteiger partial charge on any atom is 0.149 e. The van der Waals surface area contributed by atoms with Crippen LogP contribution in [0.25, 0.3) is 11.4 Å². The van der Waals surface area contributed by atoms with Crippen LogP contribution in [0.4, 0.5) is 5.82 Å². The molecule has 0 atom stereocenters. The number of hydrogen-bond acceptors (Lipinski definition) is 2. The smallest absolute Gasteiger partial charge is 0.149 e. The Morgan fingerprint density at radius 3 is 2.65 bits per heavy atom. The molecule has 1 aromatic carbocycles. The van der Waals surface area contributed by atoms with Gasteiger partial charge in [0.05, 0.1) is 17.6 Å². The summed E-state index contributed by atoms with van der Waals surface area (Å²) < 4.78 is 3.99. The Morgan fingerprint density at radius 1 is 1.15 bits per heavy atom. The van der Waals surface area contributed by atoms with Crippen molar-refractivity contribution < 1.29 is 0 Å². The van der Waals surface area contributed by atoms with Crippen LogP contribution in [0.3, 0.4) is 0 Å². The molecule has 3 rings (SSSR count). The van der Waals surface area contributed by atoms with Crippen LogP contribution >= 0.6 is 0 Å². The summed E-state index contributed by atoms with van der Waals surface area (Å²) in [6.45, 7) is 4.05. The predicted molar refractivity (Wildman–Crippen MR) is 81.6 cm³/mol. The van der Waals surface area contributed by atoms with Crippen LogP contribution in [-0.2, 0) is 7.05 Å². The van der Waals surface area contributed by atoms with E-state index in [4.69, 9.17) is 0 Å². The van der Waals surface area contributed by atoms with E-state index in [9.17, 15) is 0 Å². The number of hydrogen-bond donors (Lipinski definition) is 1. The SMILES string of the molecule is C=C(Nc1cn(-c2ccccc2)cn1)c1cccn1C. The first-order chi connectivity index (χ1) is 9.74. The Labute approximate surface area is 118 Å². The van der Waals surface area contributed by atoms with E-state index in [1.165, 1.54) is 0 Å². The minimum Gasteiger partial charge on any atom is -0.349 e. The average molecular weight is 264 g/mol. The molecule has 3 aromatic rings. The second-order valence-electron chi connectivity index (χ2n) is 4.61. The molecule has 4 heteroatoms. The number of aromatic nitrogens is 3. The van der Waals surface area contributed by atoms with E-state index in [0.717, 1.165) is 22.9 Å². The Bertz CT molecular complexity index is 722. The van der Waals surface area contributed by atoms with Crippen molar-refractivity contribution in [3.63, 3.8) is 0 Å². The molecule has 2 aromatic heterocycles. The third-order valence-electron chi connectivity index (χ3n) is 3.17. The molecule has 0 bridgehead atoms. The lowest BCUT2D eigenvalue weighted by Crippen LogP contribution is -2.02. The van der Waals surface area contributed by atoms with Gasteiger partial charge in [0.15, 0.2) is 0 Å². The van der Waals surface area contributed by atoms with Gasteiger partial charge in [-0.3, -0.25) is 0 Å². The van der Waals surface area contributed by atoms with Gasteiger partial charge in [0.25, 0.3) is 0 Å². The maximum atomic E-state index is 4.35. The summed E-state index contributed by atoms with van der Waals surface area (Å²) in [5, 5.41) is 3.23. The van der Waals surface area contributed by atoms with Crippen LogP contribution in [-0.4, -0.2) is 14.1 Å². The van der Waals surface area contributed by atoms with Crippen molar-refractivity contribution in [2.24, 2.45) is 7.05 Å². The lowest BCUT2D eigenvalue weighted by atomic mass is 10.3. The zero-order valence-electron chi connectivity index (χ0n) is 11.3. The number of para-hydroxylation sites is 1. The third-order valence-corrected chi connectivity index (χ3v) is 3.17. The van der Waals surface area contributed by atoms with Crippen molar-refractivity contribution in [3.05, 3.63) is 73.5 Å².